The van der Waals surface area contributed by atoms with E-state index in [9.17, 15) is 9.59 Å². The van der Waals surface area contributed by atoms with E-state index in [-0.39, 0.29) is 18.0 Å². The molecule has 6 heteroatoms. The minimum absolute atomic E-state index is 0.00819. The van der Waals surface area contributed by atoms with Gasteiger partial charge in [-0.15, -0.1) is 0 Å². The summed E-state index contributed by atoms with van der Waals surface area (Å²) in [7, 11) is 0. The zero-order valence-electron chi connectivity index (χ0n) is 14.0. The van der Waals surface area contributed by atoms with E-state index in [0.29, 0.717) is 24.5 Å². The smallest absolute Gasteiger partial charge is 0.315 e. The van der Waals surface area contributed by atoms with Gasteiger partial charge in [-0.1, -0.05) is 41.4 Å². The monoisotopic (exact) mass is 357 g/mol. The van der Waals surface area contributed by atoms with Crippen molar-refractivity contribution in [2.45, 2.75) is 25.9 Å². The molecule has 3 amide bonds. The number of aryl methyl sites for hydroxylation is 1. The van der Waals surface area contributed by atoms with E-state index < -0.39 is 0 Å². The van der Waals surface area contributed by atoms with Crippen LogP contribution in [0, 0.1) is 6.92 Å². The molecule has 130 valence electrons. The highest BCUT2D eigenvalue weighted by molar-refractivity contribution is 6.30. The highest BCUT2D eigenvalue weighted by atomic mass is 35.5. The van der Waals surface area contributed by atoms with Gasteiger partial charge in [0.15, 0.2) is 0 Å². The van der Waals surface area contributed by atoms with E-state index in [1.165, 1.54) is 5.56 Å². The number of carbonyl (C=O) groups is 2. The molecule has 2 aromatic carbocycles. The summed E-state index contributed by atoms with van der Waals surface area (Å²) >= 11 is 5.88. The molecule has 1 aliphatic rings. The van der Waals surface area contributed by atoms with Crippen molar-refractivity contribution in [2.24, 2.45) is 0 Å². The van der Waals surface area contributed by atoms with Crippen molar-refractivity contribution in [1.29, 1.82) is 0 Å². The second-order valence-corrected chi connectivity index (χ2v) is 6.63. The Kier molecular flexibility index (Phi) is 5.24. The van der Waals surface area contributed by atoms with Gasteiger partial charge in [-0.2, -0.15) is 0 Å². The van der Waals surface area contributed by atoms with Crippen molar-refractivity contribution in [1.82, 2.24) is 10.6 Å². The van der Waals surface area contributed by atoms with E-state index in [2.05, 4.69) is 10.6 Å². The summed E-state index contributed by atoms with van der Waals surface area (Å²) in [4.78, 5) is 25.9. The molecule has 0 unspecified atom stereocenters. The van der Waals surface area contributed by atoms with Crippen LogP contribution in [0.3, 0.4) is 0 Å². The van der Waals surface area contributed by atoms with Crippen molar-refractivity contribution < 1.29 is 9.59 Å². The molecule has 1 saturated heterocycles. The van der Waals surface area contributed by atoms with Crippen molar-refractivity contribution in [3.05, 3.63) is 64.7 Å². The van der Waals surface area contributed by atoms with Crippen LogP contribution in [0.25, 0.3) is 0 Å². The van der Waals surface area contributed by atoms with Gasteiger partial charge in [0.1, 0.15) is 0 Å². The van der Waals surface area contributed by atoms with Gasteiger partial charge in [0.05, 0.1) is 6.04 Å². The van der Waals surface area contributed by atoms with E-state index in [0.717, 1.165) is 11.3 Å². The number of hydrogen-bond donors (Lipinski definition) is 2. The Morgan fingerprint density at radius 2 is 1.84 bits per heavy atom. The maximum Gasteiger partial charge on any atom is 0.315 e. The maximum atomic E-state index is 12.2. The Hall–Kier alpha value is -2.53. The fourth-order valence-corrected chi connectivity index (χ4v) is 2.93. The number of rotatable bonds is 4. The molecule has 3 rings (SSSR count). The fourth-order valence-electron chi connectivity index (χ4n) is 2.80. The number of hydrogen-bond acceptors (Lipinski definition) is 2. The van der Waals surface area contributed by atoms with E-state index in [1.54, 1.807) is 29.2 Å². The van der Waals surface area contributed by atoms with Crippen LogP contribution in [0.15, 0.2) is 48.5 Å². The molecule has 0 spiro atoms. The van der Waals surface area contributed by atoms with Crippen molar-refractivity contribution >= 4 is 29.2 Å². The summed E-state index contributed by atoms with van der Waals surface area (Å²) in [5.41, 5.74) is 3.00. The number of urea groups is 1. The normalized spacial score (nSPS) is 16.8. The maximum absolute atomic E-state index is 12.2. The van der Waals surface area contributed by atoms with Crippen LogP contribution in [0.1, 0.15) is 17.5 Å². The number of halogens is 1. The van der Waals surface area contributed by atoms with Gasteiger partial charge in [0, 0.05) is 30.2 Å². The van der Waals surface area contributed by atoms with Crippen LogP contribution in [-0.2, 0) is 11.3 Å². The SMILES string of the molecule is Cc1ccc(CNC(=O)N[C@H]2CC(=O)N(c3ccc(Cl)cc3)C2)cc1. The van der Waals surface area contributed by atoms with Crippen LogP contribution in [0.4, 0.5) is 10.5 Å². The third kappa shape index (κ3) is 4.51. The largest absolute Gasteiger partial charge is 0.334 e. The minimum atomic E-state index is -0.267. The highest BCUT2D eigenvalue weighted by Gasteiger charge is 2.31. The topological polar surface area (TPSA) is 61.4 Å². The molecule has 0 bridgehead atoms. The van der Waals surface area contributed by atoms with Crippen molar-refractivity contribution in [3.63, 3.8) is 0 Å². The van der Waals surface area contributed by atoms with Gasteiger partial charge in [-0.25, -0.2) is 4.79 Å². The Bertz CT molecular complexity index is 759. The molecule has 1 heterocycles. The summed E-state index contributed by atoms with van der Waals surface area (Å²) in [6, 6.07) is 14.6. The van der Waals surface area contributed by atoms with Gasteiger partial charge in [0.2, 0.25) is 5.91 Å². The molecule has 0 aliphatic carbocycles. The lowest BCUT2D eigenvalue weighted by Crippen LogP contribution is -2.43. The standard InChI is InChI=1S/C19H20ClN3O2/c1-13-2-4-14(5-3-13)11-21-19(25)22-16-10-18(24)23(12-16)17-8-6-15(20)7-9-17/h2-9,16H,10-12H2,1H3,(H2,21,22,25)/t16-/m0/s1. The number of nitrogens with zero attached hydrogens (tertiary/aromatic N) is 1. The third-order valence-electron chi connectivity index (χ3n) is 4.17. The van der Waals surface area contributed by atoms with Gasteiger partial charge >= 0.3 is 6.03 Å². The van der Waals surface area contributed by atoms with Crippen LogP contribution >= 0.6 is 11.6 Å². The first-order chi connectivity index (χ1) is 12.0. The Labute approximate surface area is 152 Å². The Morgan fingerprint density at radius 1 is 1.16 bits per heavy atom. The third-order valence-corrected chi connectivity index (χ3v) is 4.42. The van der Waals surface area contributed by atoms with Crippen LogP contribution in [-0.4, -0.2) is 24.5 Å². The summed E-state index contributed by atoms with van der Waals surface area (Å²) in [5.74, 6) is -0.00819. The first-order valence-electron chi connectivity index (χ1n) is 8.17. The molecule has 5 nitrogen and oxygen atoms in total. The summed E-state index contributed by atoms with van der Waals surface area (Å²) in [6.07, 6.45) is 0.292. The fraction of sp³-hybridized carbons (Fsp3) is 0.263. The number of anilines is 1. The molecule has 1 fully saturated rings. The highest BCUT2D eigenvalue weighted by Crippen LogP contribution is 2.23. The predicted molar refractivity (Wildman–Crippen MR) is 98.8 cm³/mol. The first-order valence-corrected chi connectivity index (χ1v) is 8.55. The average molecular weight is 358 g/mol. The van der Waals surface area contributed by atoms with Crippen LogP contribution in [0.5, 0.6) is 0 Å². The van der Waals surface area contributed by atoms with Gasteiger partial charge < -0.3 is 15.5 Å². The van der Waals surface area contributed by atoms with E-state index >= 15 is 0 Å². The molecule has 0 radical (unpaired) electrons. The lowest BCUT2D eigenvalue weighted by atomic mass is 10.1. The van der Waals surface area contributed by atoms with Gasteiger partial charge in [0.25, 0.3) is 0 Å². The quantitative estimate of drug-likeness (QED) is 0.882. The zero-order chi connectivity index (χ0) is 17.8. The summed E-state index contributed by atoms with van der Waals surface area (Å²) in [5, 5.41) is 6.31. The molecule has 0 aromatic heterocycles. The Balaban J connectivity index is 1.51. The number of amides is 3. The molecule has 1 aliphatic heterocycles. The molecular formula is C19H20ClN3O2. The minimum Gasteiger partial charge on any atom is -0.334 e. The van der Waals surface area contributed by atoms with Crippen molar-refractivity contribution in [3.8, 4) is 0 Å². The first kappa shape index (κ1) is 17.3. The number of benzene rings is 2. The van der Waals surface area contributed by atoms with Gasteiger partial charge in [-0.3, -0.25) is 4.79 Å². The lowest BCUT2D eigenvalue weighted by Gasteiger charge is -2.17. The molecule has 25 heavy (non-hydrogen) atoms. The van der Waals surface area contributed by atoms with Gasteiger partial charge in [-0.05, 0) is 36.8 Å². The number of nitrogens with one attached hydrogen (secondary N) is 2. The lowest BCUT2D eigenvalue weighted by molar-refractivity contribution is -0.117. The summed E-state index contributed by atoms with van der Waals surface area (Å²) in [6.45, 7) is 2.93. The average Bonchev–Trinajstić information content (AvgIpc) is 2.95. The molecule has 1 atom stereocenters. The van der Waals surface area contributed by atoms with E-state index in [1.807, 2.05) is 31.2 Å². The Morgan fingerprint density at radius 3 is 2.52 bits per heavy atom. The van der Waals surface area contributed by atoms with Crippen molar-refractivity contribution in [2.75, 3.05) is 11.4 Å². The molecule has 2 aromatic rings. The second kappa shape index (κ2) is 7.57. The predicted octanol–water partition coefficient (Wildman–Crippen LogP) is 3.25. The molecule has 2 N–H and O–H groups in total. The van der Waals surface area contributed by atoms with Crippen LogP contribution in [0.2, 0.25) is 5.02 Å². The molecular weight excluding hydrogens is 338 g/mol. The zero-order valence-corrected chi connectivity index (χ0v) is 14.7. The van der Waals surface area contributed by atoms with Crippen LogP contribution < -0.4 is 15.5 Å². The number of carbonyl (C=O) groups excluding carboxylic acids is 2. The summed E-state index contributed by atoms with van der Waals surface area (Å²) < 4.78 is 0. The van der Waals surface area contributed by atoms with E-state index in [4.69, 9.17) is 11.6 Å². The molecule has 0 saturated carbocycles. The second-order valence-electron chi connectivity index (χ2n) is 6.19.